The molecule has 0 radical (unpaired) electrons. The monoisotopic (exact) mass is 475 g/mol. The molecule has 0 bridgehead atoms. The summed E-state index contributed by atoms with van der Waals surface area (Å²) >= 11 is 0. The van der Waals surface area contributed by atoms with Gasteiger partial charge in [-0.15, -0.1) is 0 Å². The highest BCUT2D eigenvalue weighted by molar-refractivity contribution is 7.89. The quantitative estimate of drug-likeness (QED) is 0.508. The molecule has 8 nitrogen and oxygen atoms in total. The average Bonchev–Trinajstić information content (AvgIpc) is 3.06. The Bertz CT molecular complexity index is 1150. The summed E-state index contributed by atoms with van der Waals surface area (Å²) in [5.41, 5.74) is -3.65. The minimum absolute atomic E-state index is 0.116. The van der Waals surface area contributed by atoms with Crippen molar-refractivity contribution >= 4 is 15.7 Å². The van der Waals surface area contributed by atoms with Gasteiger partial charge in [-0.25, -0.2) is 17.7 Å². The maximum absolute atomic E-state index is 13.9. The summed E-state index contributed by atoms with van der Waals surface area (Å²) < 4.78 is 84.1. The average molecular weight is 475 g/mol. The van der Waals surface area contributed by atoms with Gasteiger partial charge in [-0.2, -0.15) is 17.5 Å². The number of aliphatic hydroxyl groups excluding tert-OH is 1. The van der Waals surface area contributed by atoms with Crippen LogP contribution in [-0.2, 0) is 16.2 Å². The molecule has 1 aromatic carbocycles. The number of alkyl halides is 3. The molecule has 1 saturated heterocycles. The summed E-state index contributed by atoms with van der Waals surface area (Å²) in [5, 5.41) is 21.0. The summed E-state index contributed by atoms with van der Waals surface area (Å²) in [7, 11) is -4.41. The van der Waals surface area contributed by atoms with Gasteiger partial charge in [0.1, 0.15) is 33.9 Å². The van der Waals surface area contributed by atoms with Crippen molar-refractivity contribution in [3.05, 3.63) is 59.5 Å². The van der Waals surface area contributed by atoms with E-state index in [9.17, 15) is 36.2 Å². The lowest BCUT2D eigenvalue weighted by Crippen LogP contribution is -2.53. The van der Waals surface area contributed by atoms with Crippen molar-refractivity contribution in [2.24, 2.45) is 0 Å². The molecule has 0 spiro atoms. The van der Waals surface area contributed by atoms with Crippen LogP contribution in [0.25, 0.3) is 4.85 Å². The van der Waals surface area contributed by atoms with Gasteiger partial charge in [0.15, 0.2) is 0 Å². The molecule has 3 rings (SSSR count). The fourth-order valence-electron chi connectivity index (χ4n) is 3.18. The van der Waals surface area contributed by atoms with Crippen molar-refractivity contribution in [3.8, 4) is 5.75 Å². The molecule has 3 atom stereocenters. The molecule has 172 valence electrons. The molecular formula is C19H17F4N3O5S. The molecule has 2 aromatic rings. The summed E-state index contributed by atoms with van der Waals surface area (Å²) in [4.78, 5) is 5.55. The number of aromatic nitrogens is 1. The number of pyridine rings is 1. The Morgan fingerprint density at radius 1 is 1.34 bits per heavy atom. The third-order valence-corrected chi connectivity index (χ3v) is 6.86. The van der Waals surface area contributed by atoms with E-state index in [1.54, 1.807) is 0 Å². The molecule has 13 heteroatoms. The molecule has 0 amide bonds. The number of ether oxygens (including phenoxy) is 1. The Labute approximate surface area is 180 Å². The van der Waals surface area contributed by atoms with Gasteiger partial charge >= 0.3 is 6.18 Å². The van der Waals surface area contributed by atoms with Crippen LogP contribution in [0.3, 0.4) is 0 Å². The zero-order valence-corrected chi connectivity index (χ0v) is 17.2. The molecule has 0 saturated carbocycles. The van der Waals surface area contributed by atoms with Crippen LogP contribution in [0.15, 0.2) is 41.4 Å². The van der Waals surface area contributed by atoms with Crippen LogP contribution in [0.1, 0.15) is 12.6 Å². The smallest absolute Gasteiger partial charge is 0.433 e. The highest BCUT2D eigenvalue weighted by Crippen LogP contribution is 2.34. The Morgan fingerprint density at radius 3 is 2.53 bits per heavy atom. The van der Waals surface area contributed by atoms with Gasteiger partial charge in [0.25, 0.3) is 0 Å². The van der Waals surface area contributed by atoms with E-state index in [2.05, 4.69) is 9.83 Å². The normalized spacial score (nSPS) is 23.0. The Balaban J connectivity index is 1.89. The first kappa shape index (κ1) is 23.9. The number of aliphatic hydroxyl groups is 2. The maximum Gasteiger partial charge on any atom is 0.433 e. The van der Waals surface area contributed by atoms with E-state index in [1.807, 2.05) is 0 Å². The second-order valence-corrected chi connectivity index (χ2v) is 9.11. The van der Waals surface area contributed by atoms with E-state index in [0.29, 0.717) is 12.3 Å². The Morgan fingerprint density at radius 2 is 2.03 bits per heavy atom. The minimum atomic E-state index is -4.75. The number of nitrogens with zero attached hydrogens (tertiary/aromatic N) is 3. The first-order valence-electron chi connectivity index (χ1n) is 9.06. The molecule has 32 heavy (non-hydrogen) atoms. The number of rotatable bonds is 5. The van der Waals surface area contributed by atoms with Crippen molar-refractivity contribution in [1.29, 1.82) is 0 Å². The van der Waals surface area contributed by atoms with E-state index in [4.69, 9.17) is 11.3 Å². The summed E-state index contributed by atoms with van der Waals surface area (Å²) in [6.07, 6.45) is -7.03. The number of hydrogen-bond donors (Lipinski definition) is 2. The van der Waals surface area contributed by atoms with E-state index >= 15 is 0 Å². The molecule has 1 aliphatic rings. The van der Waals surface area contributed by atoms with Gasteiger partial charge in [-0.3, -0.25) is 4.98 Å². The number of benzene rings is 1. The van der Waals surface area contributed by atoms with Crippen LogP contribution in [0, 0.1) is 12.4 Å². The van der Waals surface area contributed by atoms with Crippen molar-refractivity contribution in [3.63, 3.8) is 0 Å². The number of halogens is 4. The van der Waals surface area contributed by atoms with Crippen molar-refractivity contribution in [2.75, 3.05) is 13.1 Å². The van der Waals surface area contributed by atoms with Crippen LogP contribution < -0.4 is 4.74 Å². The van der Waals surface area contributed by atoms with E-state index in [-0.39, 0.29) is 11.4 Å². The number of β-amino-alcohol motifs (C(OH)–C–C–N with tert-alkyl or cyclic N) is 1. The van der Waals surface area contributed by atoms with Gasteiger partial charge < -0.3 is 14.9 Å². The van der Waals surface area contributed by atoms with Crippen LogP contribution in [0.4, 0.5) is 23.2 Å². The zero-order valence-electron chi connectivity index (χ0n) is 16.4. The topological polar surface area (TPSA) is 104 Å². The standard InChI is InChI=1S/C19H17F4N3O5S/c1-11(27)18(28)10-26(9-17(18)31-12-3-5-15(24-2)14(20)7-12)32(29,30)13-4-6-16(25-8-13)19(21,22)23/h3-8,11,17,27-28H,9-10H2,1H3/t11-,17+,18-/m1/s1. The lowest BCUT2D eigenvalue weighted by molar-refractivity contribution is -0.141. The highest BCUT2D eigenvalue weighted by atomic mass is 32.2. The second-order valence-electron chi connectivity index (χ2n) is 7.17. The van der Waals surface area contributed by atoms with E-state index in [0.717, 1.165) is 22.5 Å². The molecule has 2 N–H and O–H groups in total. The Kier molecular flexibility index (Phi) is 6.18. The van der Waals surface area contributed by atoms with Crippen LogP contribution >= 0.6 is 0 Å². The van der Waals surface area contributed by atoms with Gasteiger partial charge in [0.2, 0.25) is 15.7 Å². The van der Waals surface area contributed by atoms with Crippen LogP contribution in [-0.4, -0.2) is 58.8 Å². The third-order valence-electron chi connectivity index (χ3n) is 5.06. The third kappa shape index (κ3) is 4.40. The molecule has 1 aliphatic heterocycles. The fraction of sp³-hybridized carbons (Fsp3) is 0.368. The SMILES string of the molecule is [C-]#[N+]c1ccc(O[C@H]2CN(S(=O)(=O)c3ccc(C(F)(F)F)nc3)C[C@@]2(O)[C@@H](C)O)cc1F. The van der Waals surface area contributed by atoms with Crippen LogP contribution in [0.5, 0.6) is 5.75 Å². The van der Waals surface area contributed by atoms with Gasteiger partial charge in [0, 0.05) is 18.8 Å². The van der Waals surface area contributed by atoms with E-state index < -0.39 is 63.5 Å². The molecule has 1 aromatic heterocycles. The molecule has 0 aliphatic carbocycles. The first-order valence-corrected chi connectivity index (χ1v) is 10.5. The van der Waals surface area contributed by atoms with Gasteiger partial charge in [-0.05, 0) is 31.2 Å². The first-order chi connectivity index (χ1) is 14.8. The van der Waals surface area contributed by atoms with E-state index in [1.165, 1.54) is 13.0 Å². The molecule has 0 unspecified atom stereocenters. The lowest BCUT2D eigenvalue weighted by Gasteiger charge is -2.31. The fourth-order valence-corrected chi connectivity index (χ4v) is 4.61. The lowest BCUT2D eigenvalue weighted by atomic mass is 9.94. The predicted octanol–water partition coefficient (Wildman–Crippen LogP) is 2.35. The predicted molar refractivity (Wildman–Crippen MR) is 102 cm³/mol. The van der Waals surface area contributed by atoms with Gasteiger partial charge in [0.05, 0.1) is 19.2 Å². The highest BCUT2D eigenvalue weighted by Gasteiger charge is 2.54. The summed E-state index contributed by atoms with van der Waals surface area (Å²) in [6.45, 7) is 6.93. The molecular weight excluding hydrogens is 458 g/mol. The number of hydrogen-bond acceptors (Lipinski definition) is 6. The second kappa shape index (κ2) is 8.28. The molecule has 1 fully saturated rings. The Hall–Kier alpha value is -2.79. The van der Waals surface area contributed by atoms with Crippen molar-refractivity contribution in [2.45, 2.75) is 35.8 Å². The maximum atomic E-state index is 13.9. The summed E-state index contributed by atoms with van der Waals surface area (Å²) in [5.74, 6) is -1.01. The van der Waals surface area contributed by atoms with Crippen molar-refractivity contribution < 1.29 is 40.9 Å². The molecule has 2 heterocycles. The minimum Gasteiger partial charge on any atom is -0.486 e. The van der Waals surface area contributed by atoms with Crippen molar-refractivity contribution in [1.82, 2.24) is 9.29 Å². The summed E-state index contributed by atoms with van der Waals surface area (Å²) in [6, 6.07) is 4.51. The van der Waals surface area contributed by atoms with Crippen LogP contribution in [0.2, 0.25) is 0 Å². The number of sulfonamides is 1. The zero-order chi connectivity index (χ0) is 23.9. The van der Waals surface area contributed by atoms with Gasteiger partial charge in [-0.1, -0.05) is 0 Å². The largest absolute Gasteiger partial charge is 0.486 e.